The Bertz CT molecular complexity index is 1120. The molecule has 0 radical (unpaired) electrons. The third kappa shape index (κ3) is 3.17. The number of carbonyl (C=O) groups is 1. The van der Waals surface area contributed by atoms with Gasteiger partial charge in [0.1, 0.15) is 17.5 Å². The summed E-state index contributed by atoms with van der Waals surface area (Å²) in [7, 11) is 3.48. The summed E-state index contributed by atoms with van der Waals surface area (Å²) < 4.78 is 1.90. The van der Waals surface area contributed by atoms with Crippen molar-refractivity contribution in [1.29, 1.82) is 0 Å². The number of nitrogens with one attached hydrogen (secondary N) is 2. The van der Waals surface area contributed by atoms with Gasteiger partial charge in [0.2, 0.25) is 0 Å². The Kier molecular flexibility index (Phi) is 4.17. The van der Waals surface area contributed by atoms with E-state index in [1.807, 2.05) is 23.7 Å². The summed E-state index contributed by atoms with van der Waals surface area (Å²) >= 11 is 0. The minimum atomic E-state index is -0.239. The molecule has 0 atom stereocenters. The van der Waals surface area contributed by atoms with Crippen LogP contribution in [0.1, 0.15) is 10.5 Å². The number of aryl methyl sites for hydroxylation is 1. The molecule has 9 heteroatoms. The normalized spacial score (nSPS) is 10.7. The highest BCUT2D eigenvalue weighted by atomic mass is 16.1. The number of hydrogen-bond donors (Lipinski definition) is 2. The van der Waals surface area contributed by atoms with Crippen LogP contribution in [0.2, 0.25) is 0 Å². The molecule has 4 aromatic heterocycles. The molecular weight excluding hydrogens is 344 g/mol. The van der Waals surface area contributed by atoms with Crippen LogP contribution in [0, 0.1) is 0 Å². The van der Waals surface area contributed by atoms with Crippen molar-refractivity contribution in [3.05, 3.63) is 55.0 Å². The maximum absolute atomic E-state index is 11.6. The van der Waals surface area contributed by atoms with Gasteiger partial charge in [-0.2, -0.15) is 0 Å². The first-order valence-corrected chi connectivity index (χ1v) is 8.19. The lowest BCUT2D eigenvalue weighted by Gasteiger charge is -2.09. The van der Waals surface area contributed by atoms with E-state index in [1.54, 1.807) is 37.9 Å². The maximum Gasteiger partial charge on any atom is 0.269 e. The molecule has 0 fully saturated rings. The molecule has 0 aliphatic carbocycles. The monoisotopic (exact) mass is 360 g/mol. The molecule has 9 nitrogen and oxygen atoms in total. The second kappa shape index (κ2) is 6.79. The van der Waals surface area contributed by atoms with E-state index in [0.29, 0.717) is 28.2 Å². The van der Waals surface area contributed by atoms with E-state index < -0.39 is 0 Å². The van der Waals surface area contributed by atoms with Gasteiger partial charge in [0.25, 0.3) is 5.91 Å². The molecule has 27 heavy (non-hydrogen) atoms. The highest BCUT2D eigenvalue weighted by molar-refractivity contribution is 5.92. The Morgan fingerprint density at radius 1 is 1.07 bits per heavy atom. The Morgan fingerprint density at radius 2 is 1.96 bits per heavy atom. The van der Waals surface area contributed by atoms with Crippen LogP contribution in [-0.2, 0) is 7.05 Å². The van der Waals surface area contributed by atoms with Crippen molar-refractivity contribution in [1.82, 2.24) is 34.8 Å². The fourth-order valence-electron chi connectivity index (χ4n) is 2.65. The molecule has 0 saturated heterocycles. The maximum atomic E-state index is 11.6. The topological polar surface area (TPSA) is 111 Å². The minimum absolute atomic E-state index is 0.239. The third-order valence-corrected chi connectivity index (χ3v) is 4.05. The van der Waals surface area contributed by atoms with Crippen molar-refractivity contribution in [3.63, 3.8) is 0 Å². The molecule has 4 rings (SSSR count). The molecule has 0 aliphatic heterocycles. The lowest BCUT2D eigenvalue weighted by Crippen LogP contribution is -2.18. The highest BCUT2D eigenvalue weighted by Crippen LogP contribution is 2.24. The van der Waals surface area contributed by atoms with Crippen LogP contribution in [-0.4, -0.2) is 42.4 Å². The van der Waals surface area contributed by atoms with E-state index in [1.165, 1.54) is 6.33 Å². The quantitative estimate of drug-likeness (QED) is 0.572. The number of pyridine rings is 2. The summed E-state index contributed by atoms with van der Waals surface area (Å²) in [6, 6.07) is 7.19. The van der Waals surface area contributed by atoms with Crippen LogP contribution in [0.5, 0.6) is 0 Å². The number of amides is 1. The number of aromatic nitrogens is 6. The summed E-state index contributed by atoms with van der Waals surface area (Å²) in [5.74, 6) is 0.315. The van der Waals surface area contributed by atoms with Crippen LogP contribution in [0.3, 0.4) is 0 Å². The van der Waals surface area contributed by atoms with Crippen molar-refractivity contribution < 1.29 is 4.79 Å². The first-order chi connectivity index (χ1) is 13.2. The SMILES string of the molecule is CNC(=O)c1ccc(Nc2ncnc3ccc(-c4cncn4C)nc23)cn1. The van der Waals surface area contributed by atoms with Gasteiger partial charge in [-0.15, -0.1) is 0 Å². The Labute approximate surface area is 154 Å². The number of anilines is 2. The van der Waals surface area contributed by atoms with Gasteiger partial charge >= 0.3 is 0 Å². The van der Waals surface area contributed by atoms with E-state index in [4.69, 9.17) is 4.98 Å². The smallest absolute Gasteiger partial charge is 0.269 e. The van der Waals surface area contributed by atoms with Crippen molar-refractivity contribution in [2.75, 3.05) is 12.4 Å². The summed E-state index contributed by atoms with van der Waals surface area (Å²) in [6.07, 6.45) is 6.53. The molecule has 4 heterocycles. The third-order valence-electron chi connectivity index (χ3n) is 4.05. The summed E-state index contributed by atoms with van der Waals surface area (Å²) in [6.45, 7) is 0. The van der Waals surface area contributed by atoms with Gasteiger partial charge in [0.15, 0.2) is 5.82 Å². The van der Waals surface area contributed by atoms with E-state index in [-0.39, 0.29) is 5.91 Å². The lowest BCUT2D eigenvalue weighted by atomic mass is 10.2. The molecule has 0 saturated carbocycles. The van der Waals surface area contributed by atoms with E-state index in [9.17, 15) is 4.79 Å². The minimum Gasteiger partial charge on any atom is -0.354 e. The average Bonchev–Trinajstić information content (AvgIpc) is 3.14. The molecule has 0 aromatic carbocycles. The predicted molar refractivity (Wildman–Crippen MR) is 100 cm³/mol. The van der Waals surface area contributed by atoms with Crippen LogP contribution in [0.25, 0.3) is 22.4 Å². The highest BCUT2D eigenvalue weighted by Gasteiger charge is 2.11. The number of rotatable bonds is 4. The molecule has 0 aliphatic rings. The van der Waals surface area contributed by atoms with Gasteiger partial charge in [-0.1, -0.05) is 0 Å². The molecule has 1 amide bonds. The zero-order valence-corrected chi connectivity index (χ0v) is 14.7. The molecule has 0 bridgehead atoms. The van der Waals surface area contributed by atoms with Gasteiger partial charge in [-0.3, -0.25) is 4.79 Å². The van der Waals surface area contributed by atoms with E-state index in [2.05, 4.69) is 30.6 Å². The average molecular weight is 360 g/mol. The lowest BCUT2D eigenvalue weighted by molar-refractivity contribution is 0.0958. The van der Waals surface area contributed by atoms with E-state index >= 15 is 0 Å². The standard InChI is InChI=1S/C18H16N8O/c1-19-18(27)14-4-3-11(7-21-14)24-17-16-13(22-9-23-17)6-5-12(25-16)15-8-20-10-26(15)2/h3-10H,1-2H3,(H,19,27)(H,22,23,24). The van der Waals surface area contributed by atoms with Crippen LogP contribution < -0.4 is 10.6 Å². The molecule has 0 unspecified atom stereocenters. The van der Waals surface area contributed by atoms with Gasteiger partial charge < -0.3 is 15.2 Å². The fraction of sp³-hybridized carbons (Fsp3) is 0.111. The number of hydrogen-bond acceptors (Lipinski definition) is 7. The van der Waals surface area contributed by atoms with Crippen molar-refractivity contribution in [2.24, 2.45) is 7.05 Å². The number of carbonyl (C=O) groups excluding carboxylic acids is 1. The Morgan fingerprint density at radius 3 is 2.67 bits per heavy atom. The largest absolute Gasteiger partial charge is 0.354 e. The first kappa shape index (κ1) is 16.6. The van der Waals surface area contributed by atoms with Crippen LogP contribution in [0.4, 0.5) is 11.5 Å². The van der Waals surface area contributed by atoms with Gasteiger partial charge in [-0.05, 0) is 24.3 Å². The van der Waals surface area contributed by atoms with Crippen LogP contribution in [0.15, 0.2) is 49.3 Å². The number of fused-ring (bicyclic) bond motifs is 1. The Balaban J connectivity index is 1.71. The molecular formula is C18H16N8O. The predicted octanol–water partition coefficient (Wildman–Crippen LogP) is 1.92. The zero-order valence-electron chi connectivity index (χ0n) is 14.7. The molecule has 2 N–H and O–H groups in total. The molecule has 4 aromatic rings. The van der Waals surface area contributed by atoms with Crippen molar-refractivity contribution >= 4 is 28.4 Å². The number of imidazole rings is 1. The Hall–Kier alpha value is -3.88. The van der Waals surface area contributed by atoms with Gasteiger partial charge in [0, 0.05) is 14.1 Å². The van der Waals surface area contributed by atoms with Crippen molar-refractivity contribution in [2.45, 2.75) is 0 Å². The summed E-state index contributed by atoms with van der Waals surface area (Å²) in [4.78, 5) is 33.2. The second-order valence-corrected chi connectivity index (χ2v) is 5.81. The first-order valence-electron chi connectivity index (χ1n) is 8.19. The van der Waals surface area contributed by atoms with E-state index in [0.717, 1.165) is 11.4 Å². The second-order valence-electron chi connectivity index (χ2n) is 5.81. The fourth-order valence-corrected chi connectivity index (χ4v) is 2.65. The van der Waals surface area contributed by atoms with Gasteiger partial charge in [-0.25, -0.2) is 24.9 Å². The summed E-state index contributed by atoms with van der Waals surface area (Å²) in [5, 5.41) is 5.73. The molecule has 134 valence electrons. The van der Waals surface area contributed by atoms with Gasteiger partial charge in [0.05, 0.1) is 41.3 Å². The van der Waals surface area contributed by atoms with Crippen molar-refractivity contribution in [3.8, 4) is 11.4 Å². The zero-order chi connectivity index (χ0) is 18.8. The number of nitrogens with zero attached hydrogens (tertiary/aromatic N) is 6. The van der Waals surface area contributed by atoms with Crippen LogP contribution >= 0.6 is 0 Å². The summed E-state index contributed by atoms with van der Waals surface area (Å²) in [5.41, 5.74) is 4.04. The molecule has 0 spiro atoms.